The molecule has 0 aromatic rings. The maximum atomic E-state index is 3.67. The van der Waals surface area contributed by atoms with Gasteiger partial charge in [-0.25, -0.2) is 0 Å². The van der Waals surface area contributed by atoms with E-state index in [1.807, 2.05) is 5.57 Å². The molecule has 0 radical (unpaired) electrons. The lowest BCUT2D eigenvalue weighted by Crippen LogP contribution is -2.53. The van der Waals surface area contributed by atoms with E-state index in [0.717, 1.165) is 12.0 Å². The maximum Gasteiger partial charge on any atom is 0.00472 e. The van der Waals surface area contributed by atoms with Gasteiger partial charge in [0, 0.05) is 12.0 Å². The van der Waals surface area contributed by atoms with Crippen molar-refractivity contribution in [3.63, 3.8) is 0 Å². The summed E-state index contributed by atoms with van der Waals surface area (Å²) in [4.78, 5) is 0. The van der Waals surface area contributed by atoms with Crippen LogP contribution in [0.4, 0.5) is 0 Å². The Morgan fingerprint density at radius 3 is 2.47 bits per heavy atom. The van der Waals surface area contributed by atoms with Gasteiger partial charge in [-0.05, 0) is 63.3 Å². The highest BCUT2D eigenvalue weighted by atomic mass is 14.9. The third-order valence-corrected chi connectivity index (χ3v) is 6.03. The molecule has 1 spiro atoms. The van der Waals surface area contributed by atoms with E-state index < -0.39 is 0 Å². The highest BCUT2D eigenvalue weighted by Gasteiger charge is 2.55. The third kappa shape index (κ3) is 2.63. The Labute approximate surface area is 119 Å². The Morgan fingerprint density at radius 1 is 1.05 bits per heavy atom. The number of hydrogen-bond donors (Lipinski definition) is 1. The second-order valence-corrected chi connectivity index (χ2v) is 7.45. The molecule has 3 rings (SSSR count). The average molecular weight is 261 g/mol. The van der Waals surface area contributed by atoms with Crippen molar-refractivity contribution in [3.05, 3.63) is 11.6 Å². The van der Waals surface area contributed by atoms with Gasteiger partial charge in [0.25, 0.3) is 0 Å². The summed E-state index contributed by atoms with van der Waals surface area (Å²) in [5.41, 5.74) is 3.15. The summed E-state index contributed by atoms with van der Waals surface area (Å²) < 4.78 is 0. The van der Waals surface area contributed by atoms with Crippen LogP contribution < -0.4 is 5.32 Å². The average Bonchev–Trinajstić information content (AvgIpc) is 2.44. The lowest BCUT2D eigenvalue weighted by Gasteiger charge is -2.60. The van der Waals surface area contributed by atoms with E-state index in [0.29, 0.717) is 5.41 Å². The molecule has 1 N–H and O–H groups in total. The first-order valence-corrected chi connectivity index (χ1v) is 8.69. The van der Waals surface area contributed by atoms with Gasteiger partial charge in [-0.2, -0.15) is 0 Å². The summed E-state index contributed by atoms with van der Waals surface area (Å²) in [6.45, 7) is 4.62. The SMILES string of the molecule is CCNCC1(C2=CCCCC2)CC2(CCCCC2)C1. The highest BCUT2D eigenvalue weighted by Crippen LogP contribution is 2.64. The minimum absolute atomic E-state index is 0.563. The second kappa shape index (κ2) is 5.60. The van der Waals surface area contributed by atoms with Crippen LogP contribution in [0.2, 0.25) is 0 Å². The lowest BCUT2D eigenvalue weighted by atomic mass is 9.45. The minimum Gasteiger partial charge on any atom is -0.316 e. The lowest BCUT2D eigenvalue weighted by molar-refractivity contribution is -0.0434. The van der Waals surface area contributed by atoms with Crippen molar-refractivity contribution >= 4 is 0 Å². The zero-order valence-electron chi connectivity index (χ0n) is 12.8. The molecule has 3 aliphatic rings. The first kappa shape index (κ1) is 13.7. The van der Waals surface area contributed by atoms with E-state index in [9.17, 15) is 0 Å². The number of nitrogens with one attached hydrogen (secondary N) is 1. The Hall–Kier alpha value is -0.300. The summed E-state index contributed by atoms with van der Waals surface area (Å²) in [5, 5.41) is 3.67. The molecule has 0 saturated heterocycles. The molecule has 1 heteroatoms. The molecule has 0 heterocycles. The molecule has 108 valence electrons. The zero-order valence-corrected chi connectivity index (χ0v) is 12.8. The molecule has 1 nitrogen and oxygen atoms in total. The number of hydrogen-bond acceptors (Lipinski definition) is 1. The molecular weight excluding hydrogens is 230 g/mol. The van der Waals surface area contributed by atoms with E-state index in [2.05, 4.69) is 18.3 Å². The Kier molecular flexibility index (Phi) is 4.03. The minimum atomic E-state index is 0.563. The highest BCUT2D eigenvalue weighted by molar-refractivity contribution is 5.25. The third-order valence-electron chi connectivity index (χ3n) is 6.03. The molecule has 0 bridgehead atoms. The quantitative estimate of drug-likeness (QED) is 0.715. The van der Waals surface area contributed by atoms with Gasteiger partial charge in [-0.3, -0.25) is 0 Å². The van der Waals surface area contributed by atoms with E-state index in [1.165, 1.54) is 77.2 Å². The summed E-state index contributed by atoms with van der Waals surface area (Å²) >= 11 is 0. The molecule has 0 atom stereocenters. The van der Waals surface area contributed by atoms with Gasteiger partial charge in [0.2, 0.25) is 0 Å². The van der Waals surface area contributed by atoms with E-state index in [-0.39, 0.29) is 0 Å². The van der Waals surface area contributed by atoms with Crippen LogP contribution in [0.15, 0.2) is 11.6 Å². The van der Waals surface area contributed by atoms with Crippen molar-refractivity contribution in [3.8, 4) is 0 Å². The topological polar surface area (TPSA) is 12.0 Å². The van der Waals surface area contributed by atoms with Crippen LogP contribution in [0, 0.1) is 10.8 Å². The van der Waals surface area contributed by atoms with Gasteiger partial charge in [-0.1, -0.05) is 37.8 Å². The fourth-order valence-corrected chi connectivity index (χ4v) is 5.19. The summed E-state index contributed by atoms with van der Waals surface area (Å²) in [6, 6.07) is 0. The first-order chi connectivity index (χ1) is 9.29. The van der Waals surface area contributed by atoms with Crippen molar-refractivity contribution in [1.82, 2.24) is 5.32 Å². The van der Waals surface area contributed by atoms with Crippen LogP contribution >= 0.6 is 0 Å². The largest absolute Gasteiger partial charge is 0.316 e. The van der Waals surface area contributed by atoms with E-state index >= 15 is 0 Å². The zero-order chi connectivity index (χ0) is 13.2. The van der Waals surface area contributed by atoms with Crippen molar-refractivity contribution in [2.75, 3.05) is 13.1 Å². The van der Waals surface area contributed by atoms with Crippen molar-refractivity contribution in [2.45, 2.75) is 77.6 Å². The Morgan fingerprint density at radius 2 is 1.84 bits per heavy atom. The normalized spacial score (nSPS) is 28.8. The van der Waals surface area contributed by atoms with E-state index in [1.54, 1.807) is 0 Å². The standard InChI is InChI=1S/C18H31N/c1-2-19-15-18(16-9-5-3-6-10-16)13-17(14-18)11-7-4-8-12-17/h9,19H,2-8,10-15H2,1H3. The van der Waals surface area contributed by atoms with Crippen LogP contribution in [0.3, 0.4) is 0 Å². The molecular formula is C18H31N. The molecule has 0 aromatic heterocycles. The monoisotopic (exact) mass is 261 g/mol. The van der Waals surface area contributed by atoms with Crippen molar-refractivity contribution in [1.29, 1.82) is 0 Å². The Balaban J connectivity index is 1.71. The molecule has 3 aliphatic carbocycles. The fraction of sp³-hybridized carbons (Fsp3) is 0.889. The first-order valence-electron chi connectivity index (χ1n) is 8.69. The van der Waals surface area contributed by atoms with Crippen LogP contribution in [0.1, 0.15) is 77.6 Å². The molecule has 0 unspecified atom stereocenters. The van der Waals surface area contributed by atoms with Crippen molar-refractivity contribution in [2.24, 2.45) is 10.8 Å². The number of rotatable bonds is 4. The van der Waals surface area contributed by atoms with Gasteiger partial charge in [0.05, 0.1) is 0 Å². The van der Waals surface area contributed by atoms with Crippen LogP contribution in [0.5, 0.6) is 0 Å². The van der Waals surface area contributed by atoms with E-state index in [4.69, 9.17) is 0 Å². The molecule has 0 aromatic carbocycles. The summed E-state index contributed by atoms with van der Waals surface area (Å²) in [5.74, 6) is 0. The predicted octanol–water partition coefficient (Wildman–Crippen LogP) is 4.83. The van der Waals surface area contributed by atoms with Crippen molar-refractivity contribution < 1.29 is 0 Å². The smallest absolute Gasteiger partial charge is 0.00472 e. The second-order valence-electron chi connectivity index (χ2n) is 7.45. The Bertz CT molecular complexity index is 328. The van der Waals surface area contributed by atoms with Gasteiger partial charge >= 0.3 is 0 Å². The summed E-state index contributed by atoms with van der Waals surface area (Å²) in [7, 11) is 0. The fourth-order valence-electron chi connectivity index (χ4n) is 5.19. The molecule has 2 saturated carbocycles. The van der Waals surface area contributed by atoms with Gasteiger partial charge in [0.1, 0.15) is 0 Å². The van der Waals surface area contributed by atoms with Gasteiger partial charge in [0.15, 0.2) is 0 Å². The molecule has 2 fully saturated rings. The van der Waals surface area contributed by atoms with Crippen LogP contribution in [-0.4, -0.2) is 13.1 Å². The molecule has 19 heavy (non-hydrogen) atoms. The maximum absolute atomic E-state index is 3.67. The van der Waals surface area contributed by atoms with Gasteiger partial charge in [-0.15, -0.1) is 0 Å². The van der Waals surface area contributed by atoms with Crippen LogP contribution in [0.25, 0.3) is 0 Å². The molecule has 0 aliphatic heterocycles. The number of allylic oxidation sites excluding steroid dienone is 1. The van der Waals surface area contributed by atoms with Crippen LogP contribution in [-0.2, 0) is 0 Å². The van der Waals surface area contributed by atoms with Gasteiger partial charge < -0.3 is 5.32 Å². The molecule has 0 amide bonds. The summed E-state index contributed by atoms with van der Waals surface area (Å²) in [6.07, 6.45) is 18.7. The predicted molar refractivity (Wildman–Crippen MR) is 82.3 cm³/mol.